The van der Waals surface area contributed by atoms with Crippen molar-refractivity contribution in [1.29, 1.82) is 0 Å². The molecule has 0 aliphatic carbocycles. The number of benzene rings is 1. The fraction of sp³-hybridized carbons (Fsp3) is 0.562. The summed E-state index contributed by atoms with van der Waals surface area (Å²) in [6, 6.07) is 4.57. The van der Waals surface area contributed by atoms with Crippen LogP contribution in [0.3, 0.4) is 0 Å². The zero-order valence-electron chi connectivity index (χ0n) is 14.0. The van der Waals surface area contributed by atoms with E-state index in [1.807, 2.05) is 0 Å². The lowest BCUT2D eigenvalue weighted by molar-refractivity contribution is -0.118. The first-order valence-electron chi connectivity index (χ1n) is 8.00. The number of anilines is 1. The molecule has 0 spiro atoms. The van der Waals surface area contributed by atoms with Crippen molar-refractivity contribution >= 4 is 21.6 Å². The van der Waals surface area contributed by atoms with E-state index in [1.54, 1.807) is 12.1 Å². The zero-order chi connectivity index (χ0) is 17.5. The van der Waals surface area contributed by atoms with Crippen LogP contribution in [0.2, 0.25) is 0 Å². The van der Waals surface area contributed by atoms with E-state index < -0.39 is 10.0 Å². The molecule has 7 nitrogen and oxygen atoms in total. The molecular weight excluding hydrogens is 330 g/mol. The standard InChI is InChI=1S/C16H23N3O4S/c1-16(2,3)15-10(7-8-17-15)19-24(21,22)12-6-4-5-11-14(12)18-13(20)9-23-11/h4-6,10,15,17,19H,7-9H2,1-3H3,(H,18,20)/t10-,15-/m1/s1. The molecule has 1 saturated heterocycles. The Morgan fingerprint density at radius 1 is 1.29 bits per heavy atom. The lowest BCUT2D eigenvalue weighted by Crippen LogP contribution is -2.50. The normalized spacial score (nSPS) is 24.2. The van der Waals surface area contributed by atoms with Crippen molar-refractivity contribution < 1.29 is 17.9 Å². The highest BCUT2D eigenvalue weighted by molar-refractivity contribution is 7.89. The minimum absolute atomic E-state index is 0.0348. The number of carbonyl (C=O) groups is 1. The van der Waals surface area contributed by atoms with E-state index in [2.05, 4.69) is 36.1 Å². The molecule has 0 unspecified atom stereocenters. The van der Waals surface area contributed by atoms with Gasteiger partial charge in [-0.05, 0) is 30.5 Å². The van der Waals surface area contributed by atoms with Gasteiger partial charge in [0.2, 0.25) is 10.0 Å². The van der Waals surface area contributed by atoms with Crippen LogP contribution in [-0.4, -0.2) is 39.6 Å². The Balaban J connectivity index is 1.91. The molecule has 1 aromatic carbocycles. The molecule has 24 heavy (non-hydrogen) atoms. The highest BCUT2D eigenvalue weighted by Gasteiger charge is 2.39. The third kappa shape index (κ3) is 3.26. The highest BCUT2D eigenvalue weighted by Crippen LogP contribution is 2.35. The van der Waals surface area contributed by atoms with Crippen LogP contribution in [0.25, 0.3) is 0 Å². The number of rotatable bonds is 3. The second kappa shape index (κ2) is 6.02. The van der Waals surface area contributed by atoms with Gasteiger partial charge < -0.3 is 15.4 Å². The minimum Gasteiger partial charge on any atom is -0.482 e. The summed E-state index contributed by atoms with van der Waals surface area (Å²) in [6.07, 6.45) is 0.721. The molecule has 2 heterocycles. The molecule has 0 aromatic heterocycles. The Bertz CT molecular complexity index is 755. The smallest absolute Gasteiger partial charge is 0.262 e. The van der Waals surface area contributed by atoms with Crippen LogP contribution >= 0.6 is 0 Å². The number of hydrogen-bond donors (Lipinski definition) is 3. The zero-order valence-corrected chi connectivity index (χ0v) is 14.9. The van der Waals surface area contributed by atoms with E-state index in [-0.39, 0.29) is 40.6 Å². The Hall–Kier alpha value is -1.64. The number of sulfonamides is 1. The topological polar surface area (TPSA) is 96.5 Å². The SMILES string of the molecule is CC(C)(C)[C@@H]1NCC[C@H]1NS(=O)(=O)c1cccc2c1NC(=O)CO2. The number of nitrogens with one attached hydrogen (secondary N) is 3. The molecule has 0 bridgehead atoms. The van der Waals surface area contributed by atoms with Crippen molar-refractivity contribution in [1.82, 2.24) is 10.0 Å². The van der Waals surface area contributed by atoms with Crippen molar-refractivity contribution in [2.45, 2.75) is 44.2 Å². The maximum Gasteiger partial charge on any atom is 0.262 e. The summed E-state index contributed by atoms with van der Waals surface area (Å²) in [5, 5.41) is 5.97. The second-order valence-corrected chi connectivity index (χ2v) is 8.96. The first kappa shape index (κ1) is 17.2. The van der Waals surface area contributed by atoms with Gasteiger partial charge in [-0.15, -0.1) is 0 Å². The maximum absolute atomic E-state index is 12.9. The molecule has 8 heteroatoms. The van der Waals surface area contributed by atoms with E-state index in [0.717, 1.165) is 13.0 Å². The van der Waals surface area contributed by atoms with Crippen molar-refractivity contribution in [3.05, 3.63) is 18.2 Å². The van der Waals surface area contributed by atoms with Crippen LogP contribution < -0.4 is 20.1 Å². The first-order valence-corrected chi connectivity index (χ1v) is 9.48. The molecule has 2 atom stereocenters. The van der Waals surface area contributed by atoms with Crippen molar-refractivity contribution in [2.75, 3.05) is 18.5 Å². The van der Waals surface area contributed by atoms with Crippen LogP contribution in [-0.2, 0) is 14.8 Å². The predicted octanol–water partition coefficient (Wildman–Crippen LogP) is 1.07. The largest absolute Gasteiger partial charge is 0.482 e. The summed E-state index contributed by atoms with van der Waals surface area (Å²) in [7, 11) is -3.79. The summed E-state index contributed by atoms with van der Waals surface area (Å²) in [6.45, 7) is 6.89. The average Bonchev–Trinajstić information content (AvgIpc) is 2.94. The van der Waals surface area contributed by atoms with Crippen LogP contribution in [0, 0.1) is 5.41 Å². The average molecular weight is 353 g/mol. The number of ether oxygens (including phenoxy) is 1. The number of para-hydroxylation sites is 1. The third-order valence-electron chi connectivity index (χ3n) is 4.36. The summed E-state index contributed by atoms with van der Waals surface area (Å²) >= 11 is 0. The monoisotopic (exact) mass is 353 g/mol. The summed E-state index contributed by atoms with van der Waals surface area (Å²) < 4.78 is 33.9. The lowest BCUT2D eigenvalue weighted by atomic mass is 9.84. The van der Waals surface area contributed by atoms with Gasteiger partial charge in [-0.2, -0.15) is 0 Å². The third-order valence-corrected chi connectivity index (χ3v) is 5.89. The minimum atomic E-state index is -3.79. The van der Waals surface area contributed by atoms with Gasteiger partial charge in [0, 0.05) is 12.1 Å². The Labute approximate surface area is 142 Å². The van der Waals surface area contributed by atoms with Gasteiger partial charge in [0.05, 0.1) is 0 Å². The molecule has 2 aliphatic rings. The molecule has 132 valence electrons. The summed E-state index contributed by atoms with van der Waals surface area (Å²) in [4.78, 5) is 11.6. The molecule has 1 aromatic rings. The predicted molar refractivity (Wildman–Crippen MR) is 90.5 cm³/mol. The van der Waals surface area contributed by atoms with Gasteiger partial charge in [0.15, 0.2) is 6.61 Å². The van der Waals surface area contributed by atoms with Gasteiger partial charge in [-0.3, -0.25) is 4.79 Å². The first-order chi connectivity index (χ1) is 11.2. The Morgan fingerprint density at radius 2 is 2.04 bits per heavy atom. The highest BCUT2D eigenvalue weighted by atomic mass is 32.2. The van der Waals surface area contributed by atoms with Crippen molar-refractivity contribution in [3.8, 4) is 5.75 Å². The van der Waals surface area contributed by atoms with Crippen molar-refractivity contribution in [3.63, 3.8) is 0 Å². The van der Waals surface area contributed by atoms with Gasteiger partial charge in [0.25, 0.3) is 5.91 Å². The maximum atomic E-state index is 12.9. The van der Waals surface area contributed by atoms with Gasteiger partial charge in [-0.25, -0.2) is 13.1 Å². The van der Waals surface area contributed by atoms with Gasteiger partial charge in [-0.1, -0.05) is 26.8 Å². The van der Waals surface area contributed by atoms with Crippen LogP contribution in [0.4, 0.5) is 5.69 Å². The van der Waals surface area contributed by atoms with E-state index in [4.69, 9.17) is 4.74 Å². The van der Waals surface area contributed by atoms with Crippen molar-refractivity contribution in [2.24, 2.45) is 5.41 Å². The van der Waals surface area contributed by atoms with Crippen LogP contribution in [0.5, 0.6) is 5.75 Å². The fourth-order valence-corrected chi connectivity index (χ4v) is 4.76. The number of hydrogen-bond acceptors (Lipinski definition) is 5. The summed E-state index contributed by atoms with van der Waals surface area (Å²) in [5.41, 5.74) is 0.136. The quantitative estimate of drug-likeness (QED) is 0.755. The van der Waals surface area contributed by atoms with E-state index in [0.29, 0.717) is 5.75 Å². The molecule has 0 saturated carbocycles. The number of fused-ring (bicyclic) bond motifs is 1. The van der Waals surface area contributed by atoms with E-state index >= 15 is 0 Å². The molecule has 3 N–H and O–H groups in total. The molecule has 0 radical (unpaired) electrons. The lowest BCUT2D eigenvalue weighted by Gasteiger charge is -2.32. The summed E-state index contributed by atoms with van der Waals surface area (Å²) in [5.74, 6) is 0.00893. The van der Waals surface area contributed by atoms with Crippen LogP contribution in [0.15, 0.2) is 23.1 Å². The van der Waals surface area contributed by atoms with Gasteiger partial charge >= 0.3 is 0 Å². The van der Waals surface area contributed by atoms with Crippen LogP contribution in [0.1, 0.15) is 27.2 Å². The Morgan fingerprint density at radius 3 is 2.75 bits per heavy atom. The fourth-order valence-electron chi connectivity index (χ4n) is 3.30. The second-order valence-electron chi connectivity index (χ2n) is 7.28. The Kier molecular flexibility index (Phi) is 4.31. The molecular formula is C16H23N3O4S. The van der Waals surface area contributed by atoms with Gasteiger partial charge in [0.1, 0.15) is 16.3 Å². The van der Waals surface area contributed by atoms with E-state index in [9.17, 15) is 13.2 Å². The molecule has 3 rings (SSSR count). The molecule has 2 aliphatic heterocycles. The van der Waals surface area contributed by atoms with E-state index in [1.165, 1.54) is 6.07 Å². The number of amides is 1. The molecule has 1 amide bonds. The number of carbonyl (C=O) groups excluding carboxylic acids is 1. The molecule has 1 fully saturated rings.